The third-order valence-electron chi connectivity index (χ3n) is 2.04. The van der Waals surface area contributed by atoms with Gasteiger partial charge in [0.15, 0.2) is 0 Å². The highest BCUT2D eigenvalue weighted by molar-refractivity contribution is 5.90. The van der Waals surface area contributed by atoms with E-state index in [4.69, 9.17) is 9.52 Å². The summed E-state index contributed by atoms with van der Waals surface area (Å²) in [6, 6.07) is 1.29. The van der Waals surface area contributed by atoms with Crippen LogP contribution in [0.2, 0.25) is 0 Å². The van der Waals surface area contributed by atoms with Crippen LogP contribution >= 0.6 is 0 Å². The topological polar surface area (TPSA) is 97.0 Å². The van der Waals surface area contributed by atoms with Gasteiger partial charge in [-0.25, -0.2) is 4.79 Å². The second-order valence-electron chi connectivity index (χ2n) is 3.22. The molecule has 1 aromatic rings. The molecule has 0 aromatic carbocycles. The van der Waals surface area contributed by atoms with Crippen molar-refractivity contribution in [3.05, 3.63) is 23.2 Å². The minimum absolute atomic E-state index is 0.0419. The van der Waals surface area contributed by atoms with Crippen LogP contribution in [-0.4, -0.2) is 29.3 Å². The van der Waals surface area contributed by atoms with Gasteiger partial charge in [-0.05, 0) is 13.0 Å². The van der Waals surface area contributed by atoms with E-state index in [9.17, 15) is 14.7 Å². The van der Waals surface area contributed by atoms with Gasteiger partial charge in [-0.3, -0.25) is 4.79 Å². The minimum atomic E-state index is -1.27. The van der Waals surface area contributed by atoms with Crippen molar-refractivity contribution in [2.75, 3.05) is 7.11 Å². The number of carboxylic acids is 1. The molecule has 0 radical (unpaired) electrons. The molecule has 0 bridgehead atoms. The summed E-state index contributed by atoms with van der Waals surface area (Å²) in [7, 11) is 1.22. The summed E-state index contributed by atoms with van der Waals surface area (Å²) < 4.78 is 9.58. The van der Waals surface area contributed by atoms with Gasteiger partial charge in [-0.1, -0.05) is 0 Å². The predicted molar refractivity (Wildman–Crippen MR) is 52.0 cm³/mol. The van der Waals surface area contributed by atoms with E-state index in [0.717, 1.165) is 0 Å². The smallest absolute Gasteiger partial charge is 0.341 e. The summed E-state index contributed by atoms with van der Waals surface area (Å²) in [6.07, 6.45) is -1.75. The normalized spacial score (nSPS) is 12.2. The zero-order valence-electron chi connectivity index (χ0n) is 8.89. The summed E-state index contributed by atoms with van der Waals surface area (Å²) in [5.41, 5.74) is 0.182. The van der Waals surface area contributed by atoms with E-state index in [0.29, 0.717) is 0 Å². The van der Waals surface area contributed by atoms with Crippen molar-refractivity contribution in [2.24, 2.45) is 0 Å². The lowest BCUT2D eigenvalue weighted by Crippen LogP contribution is -2.04. The summed E-state index contributed by atoms with van der Waals surface area (Å²) in [6.45, 7) is 1.53. The Morgan fingerprint density at radius 3 is 2.69 bits per heavy atom. The van der Waals surface area contributed by atoms with Crippen molar-refractivity contribution in [2.45, 2.75) is 19.4 Å². The second-order valence-corrected chi connectivity index (χ2v) is 3.22. The van der Waals surface area contributed by atoms with Gasteiger partial charge in [0.25, 0.3) is 0 Å². The molecule has 0 fully saturated rings. The number of aliphatic carboxylic acids is 1. The van der Waals surface area contributed by atoms with Crippen LogP contribution in [0.25, 0.3) is 0 Å². The van der Waals surface area contributed by atoms with Crippen LogP contribution in [0.4, 0.5) is 0 Å². The van der Waals surface area contributed by atoms with Crippen molar-refractivity contribution in [1.82, 2.24) is 0 Å². The SMILES string of the molecule is COC(=O)c1cc(C(O)CC(=O)O)oc1C. The number of carbonyl (C=O) groups excluding carboxylic acids is 1. The number of esters is 1. The molecule has 6 heteroatoms. The Morgan fingerprint density at radius 2 is 2.19 bits per heavy atom. The lowest BCUT2D eigenvalue weighted by Gasteiger charge is -2.02. The molecule has 1 unspecified atom stereocenters. The third kappa shape index (κ3) is 2.60. The first-order valence-corrected chi connectivity index (χ1v) is 4.54. The first-order chi connectivity index (χ1) is 7.45. The van der Waals surface area contributed by atoms with Crippen LogP contribution < -0.4 is 0 Å². The first kappa shape index (κ1) is 12.3. The molecule has 0 amide bonds. The molecule has 0 saturated heterocycles. The van der Waals surface area contributed by atoms with Crippen molar-refractivity contribution in [1.29, 1.82) is 0 Å². The Morgan fingerprint density at radius 1 is 1.56 bits per heavy atom. The van der Waals surface area contributed by atoms with Gasteiger partial charge >= 0.3 is 11.9 Å². The number of ether oxygens (including phenoxy) is 1. The van der Waals surface area contributed by atoms with Crippen molar-refractivity contribution >= 4 is 11.9 Å². The molecule has 0 aliphatic carbocycles. The number of rotatable bonds is 4. The molecule has 1 heterocycles. The number of furan rings is 1. The Labute approximate surface area is 91.4 Å². The zero-order chi connectivity index (χ0) is 12.3. The van der Waals surface area contributed by atoms with Gasteiger partial charge in [0.05, 0.1) is 13.5 Å². The fourth-order valence-corrected chi connectivity index (χ4v) is 1.25. The number of carbonyl (C=O) groups is 2. The fraction of sp³-hybridized carbons (Fsp3) is 0.400. The number of aliphatic hydroxyl groups excluding tert-OH is 1. The van der Waals surface area contributed by atoms with Gasteiger partial charge in [0.2, 0.25) is 0 Å². The van der Waals surface area contributed by atoms with Gasteiger partial charge in [-0.2, -0.15) is 0 Å². The molecule has 88 valence electrons. The zero-order valence-corrected chi connectivity index (χ0v) is 8.89. The molecule has 1 aromatic heterocycles. The standard InChI is InChI=1S/C10H12O6/c1-5-6(10(14)15-2)3-8(16-5)7(11)4-9(12)13/h3,7,11H,4H2,1-2H3,(H,12,13). The Kier molecular flexibility index (Phi) is 3.68. The number of carboxylic acid groups (broad SMARTS) is 1. The lowest BCUT2D eigenvalue weighted by molar-refractivity contribution is -0.139. The molecule has 16 heavy (non-hydrogen) atoms. The van der Waals surface area contributed by atoms with Crippen molar-refractivity contribution in [3.8, 4) is 0 Å². The van der Waals surface area contributed by atoms with E-state index in [1.54, 1.807) is 0 Å². The monoisotopic (exact) mass is 228 g/mol. The Balaban J connectivity index is 2.91. The van der Waals surface area contributed by atoms with E-state index < -0.39 is 24.5 Å². The van der Waals surface area contributed by atoms with E-state index >= 15 is 0 Å². The van der Waals surface area contributed by atoms with Crippen molar-refractivity contribution < 1.29 is 29.0 Å². The summed E-state index contributed by atoms with van der Waals surface area (Å²) in [5.74, 6) is -1.41. The van der Waals surface area contributed by atoms with E-state index in [1.165, 1.54) is 20.1 Å². The molecule has 2 N–H and O–H groups in total. The largest absolute Gasteiger partial charge is 0.481 e. The highest BCUT2D eigenvalue weighted by Crippen LogP contribution is 2.23. The number of aliphatic hydroxyl groups is 1. The molecule has 1 rings (SSSR count). The maximum atomic E-state index is 11.2. The predicted octanol–water partition coefficient (Wildman–Crippen LogP) is 0.883. The summed E-state index contributed by atoms with van der Waals surface area (Å²) >= 11 is 0. The van der Waals surface area contributed by atoms with Gasteiger partial charge in [-0.15, -0.1) is 0 Å². The summed E-state index contributed by atoms with van der Waals surface area (Å²) in [5, 5.41) is 17.9. The summed E-state index contributed by atoms with van der Waals surface area (Å²) in [4.78, 5) is 21.6. The van der Waals surface area contributed by atoms with Crippen LogP contribution in [0.15, 0.2) is 10.5 Å². The quantitative estimate of drug-likeness (QED) is 0.742. The Bertz CT molecular complexity index is 405. The lowest BCUT2D eigenvalue weighted by atomic mass is 10.2. The number of hydrogen-bond acceptors (Lipinski definition) is 5. The first-order valence-electron chi connectivity index (χ1n) is 4.54. The number of methoxy groups -OCH3 is 1. The van der Waals surface area contributed by atoms with E-state index in [1.807, 2.05) is 0 Å². The van der Waals surface area contributed by atoms with Crippen LogP contribution in [0.5, 0.6) is 0 Å². The van der Waals surface area contributed by atoms with Crippen LogP contribution in [-0.2, 0) is 9.53 Å². The third-order valence-corrected chi connectivity index (χ3v) is 2.04. The maximum absolute atomic E-state index is 11.2. The highest BCUT2D eigenvalue weighted by atomic mass is 16.5. The average Bonchev–Trinajstić information content (AvgIpc) is 2.58. The minimum Gasteiger partial charge on any atom is -0.481 e. The highest BCUT2D eigenvalue weighted by Gasteiger charge is 2.21. The fourth-order valence-electron chi connectivity index (χ4n) is 1.25. The average molecular weight is 228 g/mol. The Hall–Kier alpha value is -1.82. The van der Waals surface area contributed by atoms with Gasteiger partial charge < -0.3 is 19.4 Å². The molecule has 0 spiro atoms. The molecule has 0 saturated carbocycles. The molecular weight excluding hydrogens is 216 g/mol. The second kappa shape index (κ2) is 4.80. The van der Waals surface area contributed by atoms with Gasteiger partial charge in [0, 0.05) is 0 Å². The van der Waals surface area contributed by atoms with Crippen LogP contribution in [0.1, 0.15) is 34.4 Å². The van der Waals surface area contributed by atoms with Crippen LogP contribution in [0, 0.1) is 6.92 Å². The molecule has 0 aliphatic rings. The van der Waals surface area contributed by atoms with E-state index in [-0.39, 0.29) is 17.1 Å². The maximum Gasteiger partial charge on any atom is 0.341 e. The van der Waals surface area contributed by atoms with E-state index in [2.05, 4.69) is 4.74 Å². The molecular formula is C10H12O6. The molecule has 1 atom stereocenters. The molecule has 6 nitrogen and oxygen atoms in total. The van der Waals surface area contributed by atoms with Crippen molar-refractivity contribution in [3.63, 3.8) is 0 Å². The van der Waals surface area contributed by atoms with Crippen LogP contribution in [0.3, 0.4) is 0 Å². The number of aryl methyl sites for hydroxylation is 1. The molecule has 0 aliphatic heterocycles. The number of hydrogen-bond donors (Lipinski definition) is 2. The van der Waals surface area contributed by atoms with Gasteiger partial charge in [0.1, 0.15) is 23.2 Å².